The highest BCUT2D eigenvalue weighted by atomic mass is 31.2. The zero-order valence-corrected chi connectivity index (χ0v) is 37.5. The molecule has 326 valence electrons. The predicted octanol–water partition coefficient (Wildman–Crippen LogP) is 12.1. The van der Waals surface area contributed by atoms with E-state index in [2.05, 4.69) is 62.5 Å². The van der Waals surface area contributed by atoms with Crippen molar-refractivity contribution >= 4 is 19.8 Å². The molecule has 0 rings (SSSR count). The number of nitrogens with zero attached hydrogens (tertiary/aromatic N) is 1. The molecule has 0 spiro atoms. The van der Waals surface area contributed by atoms with Gasteiger partial charge in [0.05, 0.1) is 27.7 Å². The Morgan fingerprint density at radius 2 is 0.964 bits per heavy atom. The van der Waals surface area contributed by atoms with Crippen LogP contribution in [0, 0.1) is 0 Å². The minimum absolute atomic E-state index is 0.0375. The summed E-state index contributed by atoms with van der Waals surface area (Å²) >= 11 is 0. The molecule has 0 aliphatic carbocycles. The number of unbranched alkanes of at least 4 members (excludes halogenated alkanes) is 18. The summed E-state index contributed by atoms with van der Waals surface area (Å²) in [5, 5.41) is 0. The van der Waals surface area contributed by atoms with Crippen LogP contribution in [-0.2, 0) is 32.7 Å². The summed E-state index contributed by atoms with van der Waals surface area (Å²) in [5.74, 6) is -0.871. The molecule has 9 nitrogen and oxygen atoms in total. The highest BCUT2D eigenvalue weighted by molar-refractivity contribution is 7.45. The second-order valence-electron chi connectivity index (χ2n) is 16.1. The third kappa shape index (κ3) is 41.6. The smallest absolute Gasteiger partial charge is 0.306 e. The van der Waals surface area contributed by atoms with Crippen LogP contribution in [0.2, 0.25) is 0 Å². The number of allylic oxidation sites excluding steroid dienone is 8. The van der Waals surface area contributed by atoms with Crippen LogP contribution in [-0.4, -0.2) is 70.0 Å². The molecule has 0 saturated carbocycles. The predicted molar refractivity (Wildman–Crippen MR) is 231 cm³/mol. The molecule has 0 aromatic rings. The molecule has 0 aromatic heterocycles. The molecule has 0 heterocycles. The standard InChI is InChI=1S/C46H84NO8P/c1-6-8-10-12-14-16-18-20-22-23-25-26-28-30-32-34-36-38-45(48)52-42-44(43-54-56(50,51)53-41-40-47(3,4)5)55-46(49)39-37-35-33-31-29-27-24-21-19-17-15-13-11-9-7-2/h14,16,20-22,24-26,44H,6-13,15,17-19,23,27-43H2,1-5H3/b16-14+,22-20+,24-21+,26-25+/t44-/m1/s1. The topological polar surface area (TPSA) is 111 Å². The van der Waals surface area contributed by atoms with Crippen molar-refractivity contribution < 1.29 is 42.1 Å². The Morgan fingerprint density at radius 3 is 1.48 bits per heavy atom. The van der Waals surface area contributed by atoms with Crippen LogP contribution in [0.15, 0.2) is 48.6 Å². The zero-order valence-electron chi connectivity index (χ0n) is 36.6. The first kappa shape index (κ1) is 54.0. The molecule has 0 saturated heterocycles. The second kappa shape index (κ2) is 38.5. The molecule has 1 unspecified atom stereocenters. The van der Waals surface area contributed by atoms with Crippen LogP contribution >= 0.6 is 7.82 Å². The first-order valence-electron chi connectivity index (χ1n) is 22.3. The largest absolute Gasteiger partial charge is 0.756 e. The molecule has 0 aliphatic rings. The number of phosphoric acid groups is 1. The quantitative estimate of drug-likeness (QED) is 0.0198. The molecule has 10 heteroatoms. The third-order valence-corrected chi connectivity index (χ3v) is 10.3. The van der Waals surface area contributed by atoms with E-state index in [4.69, 9.17) is 18.5 Å². The van der Waals surface area contributed by atoms with E-state index in [1.165, 1.54) is 70.6 Å². The molecule has 0 aromatic carbocycles. The number of phosphoric ester groups is 1. The highest BCUT2D eigenvalue weighted by Crippen LogP contribution is 2.38. The SMILES string of the molecule is CCCCC/C=C/C/C=C/C/C=C/CCCCCCC(=O)OC[C@H](COP(=O)([O-])OCC[N+](C)(C)C)OC(=O)CCCCCCC/C=C/CCCCCCCC. The number of hydrogen-bond donors (Lipinski definition) is 0. The van der Waals surface area contributed by atoms with Crippen LogP contribution in [0.4, 0.5) is 0 Å². The average molecular weight is 810 g/mol. The summed E-state index contributed by atoms with van der Waals surface area (Å²) in [5.41, 5.74) is 0. The molecule has 0 radical (unpaired) electrons. The van der Waals surface area contributed by atoms with Crippen LogP contribution in [0.3, 0.4) is 0 Å². The monoisotopic (exact) mass is 810 g/mol. The number of hydrogen-bond acceptors (Lipinski definition) is 8. The minimum atomic E-state index is -4.63. The molecule has 0 fully saturated rings. The van der Waals surface area contributed by atoms with Crippen LogP contribution in [0.5, 0.6) is 0 Å². The Hall–Kier alpha value is -2.03. The summed E-state index contributed by atoms with van der Waals surface area (Å²) in [6.07, 6.45) is 44.2. The summed E-state index contributed by atoms with van der Waals surface area (Å²) in [6.45, 7) is 4.15. The molecule has 2 atom stereocenters. The Bertz CT molecular complexity index is 1100. The van der Waals surface area contributed by atoms with Crippen LogP contribution < -0.4 is 4.89 Å². The van der Waals surface area contributed by atoms with Gasteiger partial charge < -0.3 is 27.9 Å². The maximum atomic E-state index is 12.7. The Kier molecular flexibility index (Phi) is 37.1. The summed E-state index contributed by atoms with van der Waals surface area (Å²) in [6, 6.07) is 0. The first-order valence-corrected chi connectivity index (χ1v) is 23.8. The van der Waals surface area contributed by atoms with Crippen LogP contribution in [0.25, 0.3) is 0 Å². The van der Waals surface area contributed by atoms with Crippen LogP contribution in [0.1, 0.15) is 181 Å². The lowest BCUT2D eigenvalue weighted by atomic mass is 10.1. The Morgan fingerprint density at radius 1 is 0.554 bits per heavy atom. The van der Waals surface area contributed by atoms with E-state index in [0.717, 1.165) is 70.6 Å². The molecule has 0 aliphatic heterocycles. The second-order valence-corrected chi connectivity index (χ2v) is 17.5. The third-order valence-electron chi connectivity index (χ3n) is 9.32. The van der Waals surface area contributed by atoms with E-state index in [1.807, 2.05) is 21.1 Å². The number of carbonyl (C=O) groups excluding carboxylic acids is 2. The first-order chi connectivity index (χ1) is 27.0. The van der Waals surface area contributed by atoms with E-state index in [1.54, 1.807) is 0 Å². The van der Waals surface area contributed by atoms with Crippen molar-refractivity contribution in [1.82, 2.24) is 0 Å². The van der Waals surface area contributed by atoms with Crippen molar-refractivity contribution in [1.29, 1.82) is 0 Å². The molecule has 0 bridgehead atoms. The fraction of sp³-hybridized carbons (Fsp3) is 0.783. The van der Waals surface area contributed by atoms with Gasteiger partial charge in [0.15, 0.2) is 6.10 Å². The number of likely N-dealkylation sites (N-methyl/N-ethyl adjacent to an activating group) is 1. The maximum absolute atomic E-state index is 12.7. The van der Waals surface area contributed by atoms with Crippen molar-refractivity contribution in [2.45, 2.75) is 187 Å². The summed E-state index contributed by atoms with van der Waals surface area (Å²) in [7, 11) is 1.14. The van der Waals surface area contributed by atoms with Crippen molar-refractivity contribution in [3.63, 3.8) is 0 Å². The van der Waals surface area contributed by atoms with Gasteiger partial charge in [-0.1, -0.05) is 140 Å². The van der Waals surface area contributed by atoms with E-state index in [9.17, 15) is 19.0 Å². The Labute approximate surface area is 343 Å². The molecule has 0 N–H and O–H groups in total. The lowest BCUT2D eigenvalue weighted by Crippen LogP contribution is -2.37. The van der Waals surface area contributed by atoms with E-state index < -0.39 is 32.5 Å². The van der Waals surface area contributed by atoms with Gasteiger partial charge >= 0.3 is 11.9 Å². The number of quaternary nitrogens is 1. The molecular formula is C46H84NO8P. The Balaban J connectivity index is 4.41. The van der Waals surface area contributed by atoms with E-state index in [-0.39, 0.29) is 26.1 Å². The fourth-order valence-electron chi connectivity index (χ4n) is 5.77. The summed E-state index contributed by atoms with van der Waals surface area (Å²) < 4.78 is 33.9. The molecular weight excluding hydrogens is 725 g/mol. The minimum Gasteiger partial charge on any atom is -0.756 e. The number of esters is 2. The van der Waals surface area contributed by atoms with Gasteiger partial charge in [0.2, 0.25) is 0 Å². The average Bonchev–Trinajstić information content (AvgIpc) is 3.15. The fourth-order valence-corrected chi connectivity index (χ4v) is 6.50. The zero-order chi connectivity index (χ0) is 41.4. The molecule has 0 amide bonds. The molecule has 56 heavy (non-hydrogen) atoms. The lowest BCUT2D eigenvalue weighted by Gasteiger charge is -2.28. The van der Waals surface area contributed by atoms with Gasteiger partial charge in [-0.3, -0.25) is 14.2 Å². The summed E-state index contributed by atoms with van der Waals surface area (Å²) in [4.78, 5) is 37.5. The van der Waals surface area contributed by atoms with Gasteiger partial charge in [0, 0.05) is 12.8 Å². The number of carbonyl (C=O) groups is 2. The van der Waals surface area contributed by atoms with Gasteiger partial charge in [0.25, 0.3) is 7.82 Å². The van der Waals surface area contributed by atoms with Gasteiger partial charge in [-0.15, -0.1) is 0 Å². The normalized spacial score (nSPS) is 14.0. The van der Waals surface area contributed by atoms with Crippen molar-refractivity contribution in [2.75, 3.05) is 47.5 Å². The van der Waals surface area contributed by atoms with Crippen molar-refractivity contribution in [3.05, 3.63) is 48.6 Å². The number of ether oxygens (including phenoxy) is 2. The van der Waals surface area contributed by atoms with E-state index >= 15 is 0 Å². The lowest BCUT2D eigenvalue weighted by molar-refractivity contribution is -0.870. The highest BCUT2D eigenvalue weighted by Gasteiger charge is 2.21. The van der Waals surface area contributed by atoms with Gasteiger partial charge in [-0.05, 0) is 77.0 Å². The maximum Gasteiger partial charge on any atom is 0.306 e. The van der Waals surface area contributed by atoms with Gasteiger partial charge in [-0.25, -0.2) is 0 Å². The van der Waals surface area contributed by atoms with Gasteiger partial charge in [0.1, 0.15) is 19.8 Å². The van der Waals surface area contributed by atoms with E-state index in [0.29, 0.717) is 23.9 Å². The van der Waals surface area contributed by atoms with Crippen molar-refractivity contribution in [2.24, 2.45) is 0 Å². The van der Waals surface area contributed by atoms with Crippen molar-refractivity contribution in [3.8, 4) is 0 Å². The van der Waals surface area contributed by atoms with Gasteiger partial charge in [-0.2, -0.15) is 0 Å². The number of rotatable bonds is 40.